The molecular weight excluding hydrogens is 392 g/mol. The molecule has 0 bridgehead atoms. The molecule has 178 valence electrons. The summed E-state index contributed by atoms with van der Waals surface area (Å²) in [5, 5.41) is 0. The Kier molecular flexibility index (Phi) is 10.9. The Balaban J connectivity index is 1.40. The first-order valence-electron chi connectivity index (χ1n) is 13.7. The molecule has 0 N–H and O–H groups in total. The van der Waals surface area contributed by atoms with Gasteiger partial charge >= 0.3 is 5.97 Å². The van der Waals surface area contributed by atoms with Crippen molar-refractivity contribution in [2.75, 3.05) is 0 Å². The third kappa shape index (κ3) is 8.09. The highest BCUT2D eigenvalue weighted by Crippen LogP contribution is 2.33. The third-order valence-corrected chi connectivity index (χ3v) is 7.76. The lowest BCUT2D eigenvalue weighted by Crippen LogP contribution is -2.24. The average Bonchev–Trinajstić information content (AvgIpc) is 2.84. The number of ether oxygens (including phenoxy) is 1. The van der Waals surface area contributed by atoms with Gasteiger partial charge in [-0.3, -0.25) is 0 Å². The molecule has 2 aliphatic carbocycles. The molecule has 2 aliphatic rings. The summed E-state index contributed by atoms with van der Waals surface area (Å²) in [5.74, 6) is 1.56. The van der Waals surface area contributed by atoms with Crippen LogP contribution < -0.4 is 0 Å². The summed E-state index contributed by atoms with van der Waals surface area (Å²) < 4.78 is 5.84. The monoisotopic (exact) mass is 438 g/mol. The van der Waals surface area contributed by atoms with E-state index in [0.717, 1.165) is 24.7 Å². The predicted octanol–water partition coefficient (Wildman–Crippen LogP) is 9.14. The zero-order chi connectivity index (χ0) is 22.6. The number of carbonyl (C=O) groups excluding carboxylic acids is 1. The lowest BCUT2D eigenvalue weighted by molar-refractivity contribution is 0.0161. The Bertz CT molecular complexity index is 694. The number of hydrogen-bond donors (Lipinski definition) is 0. The predicted molar refractivity (Wildman–Crippen MR) is 136 cm³/mol. The van der Waals surface area contributed by atoms with Crippen LogP contribution in [-0.2, 0) is 4.74 Å². The molecule has 2 nitrogen and oxygen atoms in total. The molecule has 0 radical (unpaired) electrons. The van der Waals surface area contributed by atoms with Gasteiger partial charge in [0, 0.05) is 0 Å². The second-order valence-electron chi connectivity index (χ2n) is 10.3. The van der Waals surface area contributed by atoms with E-state index in [4.69, 9.17) is 4.74 Å². The molecule has 0 heterocycles. The van der Waals surface area contributed by atoms with Crippen molar-refractivity contribution < 1.29 is 9.53 Å². The summed E-state index contributed by atoms with van der Waals surface area (Å²) in [6.45, 7) is 4.54. The molecule has 1 unspecified atom stereocenters. The van der Waals surface area contributed by atoms with Crippen LogP contribution in [0.15, 0.2) is 30.3 Å². The molecule has 32 heavy (non-hydrogen) atoms. The second-order valence-corrected chi connectivity index (χ2v) is 10.3. The lowest BCUT2D eigenvalue weighted by Gasteiger charge is -2.28. The zero-order valence-corrected chi connectivity index (χ0v) is 20.7. The van der Waals surface area contributed by atoms with Gasteiger partial charge in [-0.2, -0.15) is 0 Å². The third-order valence-electron chi connectivity index (χ3n) is 7.76. The number of unbranched alkanes of at least 4 members (excludes halogenated alkanes) is 5. The Hall–Kier alpha value is -1.57. The normalized spacial score (nSPS) is 23.6. The van der Waals surface area contributed by atoms with Crippen molar-refractivity contribution in [3.05, 3.63) is 41.5 Å². The first-order chi connectivity index (χ1) is 15.7. The van der Waals surface area contributed by atoms with E-state index in [1.165, 1.54) is 101 Å². The standard InChI is InChI=1S/C30H46O2/c1-3-5-7-8-9-11-25-12-16-26(17-13-25)27-18-20-28(21-19-27)30(31)32-29-22-14-24(15-23-29)10-6-4-2/h16,18-21,24-25,29H,3-15,17,22-23H2,1-2H3. The summed E-state index contributed by atoms with van der Waals surface area (Å²) in [4.78, 5) is 12.6. The highest BCUT2D eigenvalue weighted by molar-refractivity contribution is 5.90. The lowest BCUT2D eigenvalue weighted by atomic mass is 9.83. The van der Waals surface area contributed by atoms with Crippen molar-refractivity contribution in [2.24, 2.45) is 11.8 Å². The van der Waals surface area contributed by atoms with Gasteiger partial charge in [-0.1, -0.05) is 89.8 Å². The largest absolute Gasteiger partial charge is 0.459 e. The van der Waals surface area contributed by atoms with E-state index in [1.807, 2.05) is 12.1 Å². The van der Waals surface area contributed by atoms with Crippen LogP contribution in [-0.4, -0.2) is 12.1 Å². The minimum absolute atomic E-state index is 0.111. The molecule has 1 aromatic rings. The maximum absolute atomic E-state index is 12.6. The minimum Gasteiger partial charge on any atom is -0.459 e. The van der Waals surface area contributed by atoms with Gasteiger partial charge in [0.15, 0.2) is 0 Å². The number of carbonyl (C=O) groups is 1. The van der Waals surface area contributed by atoms with Gasteiger partial charge in [-0.25, -0.2) is 4.79 Å². The fourth-order valence-corrected chi connectivity index (χ4v) is 5.52. The Morgan fingerprint density at radius 3 is 2.16 bits per heavy atom. The Morgan fingerprint density at radius 1 is 0.812 bits per heavy atom. The number of rotatable bonds is 12. The molecule has 2 heteroatoms. The molecule has 1 aromatic carbocycles. The van der Waals surface area contributed by atoms with Crippen molar-refractivity contribution in [3.63, 3.8) is 0 Å². The van der Waals surface area contributed by atoms with Crippen LogP contribution in [0, 0.1) is 11.8 Å². The van der Waals surface area contributed by atoms with Crippen LogP contribution in [0.2, 0.25) is 0 Å². The maximum atomic E-state index is 12.6. The zero-order valence-electron chi connectivity index (χ0n) is 20.7. The van der Waals surface area contributed by atoms with Crippen molar-refractivity contribution in [3.8, 4) is 0 Å². The molecule has 1 saturated carbocycles. The van der Waals surface area contributed by atoms with Gasteiger partial charge < -0.3 is 4.74 Å². The first kappa shape index (κ1) is 25.1. The number of allylic oxidation sites excluding steroid dienone is 2. The molecule has 3 rings (SSSR count). The van der Waals surface area contributed by atoms with Crippen molar-refractivity contribution in [1.29, 1.82) is 0 Å². The van der Waals surface area contributed by atoms with Crippen molar-refractivity contribution in [1.82, 2.24) is 0 Å². The van der Waals surface area contributed by atoms with Crippen LogP contribution in [0.1, 0.15) is 133 Å². The molecule has 0 saturated heterocycles. The summed E-state index contributed by atoms with van der Waals surface area (Å²) in [7, 11) is 0. The van der Waals surface area contributed by atoms with Crippen LogP contribution >= 0.6 is 0 Å². The molecule has 1 fully saturated rings. The summed E-state index contributed by atoms with van der Waals surface area (Å²) in [5.41, 5.74) is 3.43. The maximum Gasteiger partial charge on any atom is 0.338 e. The highest BCUT2D eigenvalue weighted by atomic mass is 16.5. The average molecular weight is 439 g/mol. The summed E-state index contributed by atoms with van der Waals surface area (Å²) in [6, 6.07) is 8.17. The smallest absolute Gasteiger partial charge is 0.338 e. The minimum atomic E-state index is -0.144. The molecule has 0 aliphatic heterocycles. The van der Waals surface area contributed by atoms with E-state index < -0.39 is 0 Å². The van der Waals surface area contributed by atoms with E-state index in [1.54, 1.807) is 0 Å². The number of esters is 1. The quantitative estimate of drug-likeness (QED) is 0.240. The van der Waals surface area contributed by atoms with E-state index in [-0.39, 0.29) is 12.1 Å². The number of hydrogen-bond acceptors (Lipinski definition) is 2. The molecule has 1 atom stereocenters. The molecule has 0 amide bonds. The van der Waals surface area contributed by atoms with Gasteiger partial charge in [0.2, 0.25) is 0 Å². The Morgan fingerprint density at radius 2 is 1.50 bits per heavy atom. The van der Waals surface area contributed by atoms with E-state index in [9.17, 15) is 4.79 Å². The van der Waals surface area contributed by atoms with Crippen LogP contribution in [0.3, 0.4) is 0 Å². The summed E-state index contributed by atoms with van der Waals surface area (Å²) >= 11 is 0. The highest BCUT2D eigenvalue weighted by Gasteiger charge is 2.24. The second kappa shape index (κ2) is 13.9. The van der Waals surface area contributed by atoms with Gasteiger partial charge in [-0.05, 0) is 80.1 Å². The van der Waals surface area contributed by atoms with Crippen LogP contribution in [0.5, 0.6) is 0 Å². The van der Waals surface area contributed by atoms with E-state index in [2.05, 4.69) is 32.1 Å². The number of benzene rings is 1. The molecule has 0 aromatic heterocycles. The Labute approximate surface area is 197 Å². The van der Waals surface area contributed by atoms with Gasteiger partial charge in [-0.15, -0.1) is 0 Å². The molecular formula is C30H46O2. The fourth-order valence-electron chi connectivity index (χ4n) is 5.52. The van der Waals surface area contributed by atoms with Gasteiger partial charge in [0.1, 0.15) is 6.10 Å². The van der Waals surface area contributed by atoms with Gasteiger partial charge in [0.25, 0.3) is 0 Å². The topological polar surface area (TPSA) is 26.3 Å². The fraction of sp³-hybridized carbons (Fsp3) is 0.700. The van der Waals surface area contributed by atoms with Crippen LogP contribution in [0.4, 0.5) is 0 Å². The van der Waals surface area contributed by atoms with Gasteiger partial charge in [0.05, 0.1) is 5.56 Å². The van der Waals surface area contributed by atoms with E-state index in [0.29, 0.717) is 5.56 Å². The van der Waals surface area contributed by atoms with Crippen molar-refractivity contribution >= 4 is 11.5 Å². The summed E-state index contributed by atoms with van der Waals surface area (Å²) in [6.07, 6.45) is 23.0. The van der Waals surface area contributed by atoms with Crippen molar-refractivity contribution in [2.45, 2.75) is 123 Å². The first-order valence-corrected chi connectivity index (χ1v) is 13.7. The van der Waals surface area contributed by atoms with E-state index >= 15 is 0 Å². The SMILES string of the molecule is CCCCCCCC1CC=C(c2ccc(C(=O)OC3CCC(CCCC)CC3)cc2)CC1. The molecule has 0 spiro atoms. The van der Waals surface area contributed by atoms with Crippen LogP contribution in [0.25, 0.3) is 5.57 Å².